The number of anilines is 1. The molecule has 2 N–H and O–H groups in total. The van der Waals surface area contributed by atoms with Crippen LogP contribution >= 0.6 is 31.9 Å². The summed E-state index contributed by atoms with van der Waals surface area (Å²) in [5.41, 5.74) is 5.20. The summed E-state index contributed by atoms with van der Waals surface area (Å²) < 4.78 is 45.0. The predicted octanol–water partition coefficient (Wildman–Crippen LogP) is 5.60. The number of nitrogen functional groups attached to an aromatic ring is 1. The van der Waals surface area contributed by atoms with Crippen molar-refractivity contribution in [2.75, 3.05) is 5.73 Å². The Morgan fingerprint density at radius 1 is 1.00 bits per heavy atom. The van der Waals surface area contributed by atoms with Gasteiger partial charge in [0.15, 0.2) is 0 Å². The van der Waals surface area contributed by atoms with Crippen molar-refractivity contribution in [2.45, 2.75) is 6.18 Å². The SMILES string of the molecule is Nc1cccc(Oc2cc(Br)ccc2C(F)(F)F)c1Br. The smallest absolute Gasteiger partial charge is 0.419 e. The van der Waals surface area contributed by atoms with Gasteiger partial charge in [-0.05, 0) is 46.3 Å². The fraction of sp³-hybridized carbons (Fsp3) is 0.0769. The van der Waals surface area contributed by atoms with Crippen LogP contribution in [-0.2, 0) is 6.18 Å². The van der Waals surface area contributed by atoms with Crippen LogP contribution in [0.5, 0.6) is 11.5 Å². The lowest BCUT2D eigenvalue weighted by molar-refractivity contribution is -0.138. The Hall–Kier alpha value is -1.21. The molecule has 0 spiro atoms. The molecule has 0 aliphatic heterocycles. The molecule has 7 heteroatoms. The summed E-state index contributed by atoms with van der Waals surface area (Å²) in [5.74, 6) is -0.0771. The molecule has 20 heavy (non-hydrogen) atoms. The monoisotopic (exact) mass is 409 g/mol. The van der Waals surface area contributed by atoms with Gasteiger partial charge >= 0.3 is 6.18 Å². The van der Waals surface area contributed by atoms with Crippen molar-refractivity contribution in [2.24, 2.45) is 0 Å². The Morgan fingerprint density at radius 3 is 2.35 bits per heavy atom. The van der Waals surface area contributed by atoms with Crippen LogP contribution in [0.15, 0.2) is 45.3 Å². The predicted molar refractivity (Wildman–Crippen MR) is 77.8 cm³/mol. The first-order chi connectivity index (χ1) is 9.29. The van der Waals surface area contributed by atoms with Gasteiger partial charge in [-0.1, -0.05) is 22.0 Å². The average Bonchev–Trinajstić information content (AvgIpc) is 2.33. The van der Waals surface area contributed by atoms with Crippen LogP contribution in [0.4, 0.5) is 18.9 Å². The highest BCUT2D eigenvalue weighted by Crippen LogP contribution is 2.41. The van der Waals surface area contributed by atoms with E-state index >= 15 is 0 Å². The highest BCUT2D eigenvalue weighted by Gasteiger charge is 2.34. The number of rotatable bonds is 2. The zero-order chi connectivity index (χ0) is 14.9. The van der Waals surface area contributed by atoms with Crippen LogP contribution in [0, 0.1) is 0 Å². The molecular formula is C13H8Br2F3NO. The van der Waals surface area contributed by atoms with Crippen LogP contribution < -0.4 is 10.5 Å². The number of ether oxygens (including phenoxy) is 1. The maximum Gasteiger partial charge on any atom is 0.419 e. The van der Waals surface area contributed by atoms with E-state index in [9.17, 15) is 13.2 Å². The number of benzene rings is 2. The molecule has 0 radical (unpaired) electrons. The van der Waals surface area contributed by atoms with E-state index in [2.05, 4.69) is 31.9 Å². The lowest BCUT2D eigenvalue weighted by Crippen LogP contribution is -2.07. The standard InChI is InChI=1S/C13H8Br2F3NO/c14-7-4-5-8(13(16,17)18)11(6-7)20-10-3-1-2-9(19)12(10)15/h1-6H,19H2. The van der Waals surface area contributed by atoms with Gasteiger partial charge in [0, 0.05) is 10.2 Å². The lowest BCUT2D eigenvalue weighted by atomic mass is 10.2. The van der Waals surface area contributed by atoms with Gasteiger partial charge in [0.05, 0.1) is 10.0 Å². The van der Waals surface area contributed by atoms with Gasteiger partial charge in [0.2, 0.25) is 0 Å². The molecule has 0 bridgehead atoms. The van der Waals surface area contributed by atoms with E-state index in [1.165, 1.54) is 18.2 Å². The van der Waals surface area contributed by atoms with E-state index in [0.29, 0.717) is 14.6 Å². The molecule has 0 unspecified atom stereocenters. The second-order valence-corrected chi connectivity index (χ2v) is 5.61. The summed E-state index contributed by atoms with van der Waals surface area (Å²) in [6.45, 7) is 0. The molecule has 0 atom stereocenters. The zero-order valence-corrected chi connectivity index (χ0v) is 13.0. The first kappa shape index (κ1) is 15.2. The minimum absolute atomic E-state index is 0.216. The molecule has 106 valence electrons. The fourth-order valence-corrected chi connectivity index (χ4v) is 2.23. The molecule has 2 rings (SSSR count). The normalized spacial score (nSPS) is 11.4. The van der Waals surface area contributed by atoms with Gasteiger partial charge in [-0.2, -0.15) is 13.2 Å². The molecule has 2 aromatic rings. The van der Waals surface area contributed by atoms with Crippen molar-refractivity contribution in [1.82, 2.24) is 0 Å². The summed E-state index contributed by atoms with van der Waals surface area (Å²) in [6.07, 6.45) is -4.50. The minimum atomic E-state index is -4.50. The van der Waals surface area contributed by atoms with Crippen LogP contribution in [0.1, 0.15) is 5.56 Å². The first-order valence-electron chi connectivity index (χ1n) is 5.37. The fourth-order valence-electron chi connectivity index (χ4n) is 1.54. The Morgan fingerprint density at radius 2 is 1.70 bits per heavy atom. The maximum atomic E-state index is 12.9. The minimum Gasteiger partial charge on any atom is -0.455 e. The number of hydrogen-bond acceptors (Lipinski definition) is 2. The van der Waals surface area contributed by atoms with Gasteiger partial charge in [-0.3, -0.25) is 0 Å². The third-order valence-corrected chi connectivity index (χ3v) is 3.80. The Balaban J connectivity index is 2.48. The molecular weight excluding hydrogens is 403 g/mol. The van der Waals surface area contributed by atoms with Crippen molar-refractivity contribution >= 4 is 37.5 Å². The summed E-state index contributed by atoms with van der Waals surface area (Å²) in [7, 11) is 0. The molecule has 0 fully saturated rings. The van der Waals surface area contributed by atoms with Crippen molar-refractivity contribution in [1.29, 1.82) is 0 Å². The molecule has 2 nitrogen and oxygen atoms in total. The van der Waals surface area contributed by atoms with E-state index in [4.69, 9.17) is 10.5 Å². The van der Waals surface area contributed by atoms with E-state index in [-0.39, 0.29) is 11.5 Å². The van der Waals surface area contributed by atoms with E-state index in [0.717, 1.165) is 6.07 Å². The highest BCUT2D eigenvalue weighted by molar-refractivity contribution is 9.11. The average molecular weight is 411 g/mol. The summed E-state index contributed by atoms with van der Waals surface area (Å²) >= 11 is 6.31. The van der Waals surface area contributed by atoms with Crippen LogP contribution in [0.25, 0.3) is 0 Å². The molecule has 0 saturated heterocycles. The molecule has 0 aromatic heterocycles. The highest BCUT2D eigenvalue weighted by atomic mass is 79.9. The van der Waals surface area contributed by atoms with E-state index < -0.39 is 11.7 Å². The molecule has 0 aliphatic carbocycles. The third-order valence-electron chi connectivity index (χ3n) is 2.46. The van der Waals surface area contributed by atoms with Crippen LogP contribution in [0.3, 0.4) is 0 Å². The van der Waals surface area contributed by atoms with Crippen molar-refractivity contribution in [3.8, 4) is 11.5 Å². The largest absolute Gasteiger partial charge is 0.455 e. The quantitative estimate of drug-likeness (QED) is 0.653. The first-order valence-corrected chi connectivity index (χ1v) is 6.96. The van der Waals surface area contributed by atoms with Crippen molar-refractivity contribution < 1.29 is 17.9 Å². The van der Waals surface area contributed by atoms with Crippen molar-refractivity contribution in [3.63, 3.8) is 0 Å². The summed E-state index contributed by atoms with van der Waals surface area (Å²) in [6, 6.07) is 8.27. The van der Waals surface area contributed by atoms with Crippen LogP contribution in [-0.4, -0.2) is 0 Å². The second-order valence-electron chi connectivity index (χ2n) is 3.90. The van der Waals surface area contributed by atoms with Gasteiger partial charge < -0.3 is 10.5 Å². The molecule has 0 amide bonds. The molecule has 0 aliphatic rings. The third kappa shape index (κ3) is 3.27. The topological polar surface area (TPSA) is 35.2 Å². The van der Waals surface area contributed by atoms with Gasteiger partial charge in [-0.25, -0.2) is 0 Å². The number of nitrogens with two attached hydrogens (primary N) is 1. The van der Waals surface area contributed by atoms with Gasteiger partial charge in [0.25, 0.3) is 0 Å². The Kier molecular flexibility index (Phi) is 4.29. The van der Waals surface area contributed by atoms with E-state index in [1.54, 1.807) is 12.1 Å². The lowest BCUT2D eigenvalue weighted by Gasteiger charge is -2.15. The maximum absolute atomic E-state index is 12.9. The Bertz CT molecular complexity index is 644. The van der Waals surface area contributed by atoms with Crippen molar-refractivity contribution in [3.05, 3.63) is 50.9 Å². The number of hydrogen-bond donors (Lipinski definition) is 1. The molecule has 0 heterocycles. The summed E-state index contributed by atoms with van der Waals surface area (Å²) in [5, 5.41) is 0. The van der Waals surface area contributed by atoms with E-state index in [1.807, 2.05) is 0 Å². The molecule has 0 saturated carbocycles. The zero-order valence-electron chi connectivity index (χ0n) is 9.84. The second kappa shape index (κ2) is 5.65. The Labute approximate surface area is 130 Å². The van der Waals surface area contributed by atoms with Gasteiger partial charge in [0.1, 0.15) is 11.5 Å². The molecule has 2 aromatic carbocycles. The number of halogens is 5. The summed E-state index contributed by atoms with van der Waals surface area (Å²) in [4.78, 5) is 0. The van der Waals surface area contributed by atoms with Crippen LogP contribution in [0.2, 0.25) is 0 Å². The van der Waals surface area contributed by atoms with Gasteiger partial charge in [-0.15, -0.1) is 0 Å². The number of alkyl halides is 3.